The van der Waals surface area contributed by atoms with Crippen molar-refractivity contribution >= 4 is 17.3 Å². The van der Waals surface area contributed by atoms with E-state index in [-0.39, 0.29) is 0 Å². The highest BCUT2D eigenvalue weighted by atomic mass is 19.1. The quantitative estimate of drug-likeness (QED) is 0.603. The van der Waals surface area contributed by atoms with E-state index < -0.39 is 5.82 Å². The number of anilines is 3. The van der Waals surface area contributed by atoms with Crippen molar-refractivity contribution in [1.82, 2.24) is 9.97 Å². The SMILES string of the molecule is Nc1ncccc1NCc1cccc(ONc2ccc(F)cn2)c1. The molecule has 0 atom stereocenters. The Bertz CT molecular complexity index is 810. The highest BCUT2D eigenvalue weighted by molar-refractivity contribution is 5.61. The average Bonchev–Trinajstić information content (AvgIpc) is 2.61. The molecule has 1 aromatic carbocycles. The molecule has 0 saturated heterocycles. The van der Waals surface area contributed by atoms with Crippen LogP contribution in [0.1, 0.15) is 5.56 Å². The number of nitrogen functional groups attached to an aromatic ring is 1. The van der Waals surface area contributed by atoms with Crippen molar-refractivity contribution in [2.45, 2.75) is 6.54 Å². The first kappa shape index (κ1) is 15.5. The van der Waals surface area contributed by atoms with Crippen LogP contribution in [0.15, 0.2) is 60.9 Å². The predicted molar refractivity (Wildman–Crippen MR) is 90.9 cm³/mol. The molecule has 3 aromatic rings. The van der Waals surface area contributed by atoms with Gasteiger partial charge in [-0.15, -0.1) is 0 Å². The molecular weight excluding hydrogens is 309 g/mol. The number of halogens is 1. The highest BCUT2D eigenvalue weighted by Crippen LogP contribution is 2.18. The van der Waals surface area contributed by atoms with E-state index in [4.69, 9.17) is 10.6 Å². The van der Waals surface area contributed by atoms with Gasteiger partial charge in [-0.2, -0.15) is 0 Å². The maximum atomic E-state index is 12.8. The van der Waals surface area contributed by atoms with Crippen molar-refractivity contribution in [2.75, 3.05) is 16.5 Å². The maximum Gasteiger partial charge on any atom is 0.160 e. The van der Waals surface area contributed by atoms with Crippen LogP contribution in [-0.4, -0.2) is 9.97 Å². The van der Waals surface area contributed by atoms with Gasteiger partial charge in [0.1, 0.15) is 11.6 Å². The van der Waals surface area contributed by atoms with Crippen molar-refractivity contribution in [1.29, 1.82) is 0 Å². The van der Waals surface area contributed by atoms with E-state index in [2.05, 4.69) is 20.8 Å². The summed E-state index contributed by atoms with van der Waals surface area (Å²) in [5.41, 5.74) is 10.2. The van der Waals surface area contributed by atoms with Gasteiger partial charge in [0.05, 0.1) is 11.9 Å². The summed E-state index contributed by atoms with van der Waals surface area (Å²) < 4.78 is 12.8. The van der Waals surface area contributed by atoms with Gasteiger partial charge in [0.25, 0.3) is 0 Å². The Morgan fingerprint density at radius 2 is 2.00 bits per heavy atom. The van der Waals surface area contributed by atoms with Gasteiger partial charge < -0.3 is 15.9 Å². The average molecular weight is 325 g/mol. The van der Waals surface area contributed by atoms with E-state index in [9.17, 15) is 4.39 Å². The fraction of sp³-hybridized carbons (Fsp3) is 0.0588. The van der Waals surface area contributed by atoms with E-state index in [0.29, 0.717) is 23.9 Å². The Balaban J connectivity index is 1.59. The molecule has 0 aliphatic rings. The standard InChI is InChI=1S/C17H16FN5O/c18-13-6-7-16(22-11-13)23-24-14-4-1-3-12(9-14)10-21-15-5-2-8-20-17(15)19/h1-9,11,21H,10H2,(H2,19,20)(H,22,23). The van der Waals surface area contributed by atoms with Crippen LogP contribution >= 0.6 is 0 Å². The number of hydrogen-bond donors (Lipinski definition) is 3. The van der Waals surface area contributed by atoms with Gasteiger partial charge in [0, 0.05) is 12.7 Å². The van der Waals surface area contributed by atoms with Crippen molar-refractivity contribution in [3.05, 3.63) is 72.3 Å². The van der Waals surface area contributed by atoms with Crippen LogP contribution < -0.4 is 21.4 Å². The molecule has 0 unspecified atom stereocenters. The molecule has 0 radical (unpaired) electrons. The lowest BCUT2D eigenvalue weighted by atomic mass is 10.2. The highest BCUT2D eigenvalue weighted by Gasteiger charge is 2.02. The topological polar surface area (TPSA) is 85.1 Å². The lowest BCUT2D eigenvalue weighted by molar-refractivity contribution is 0.401. The normalized spacial score (nSPS) is 10.2. The molecule has 0 bridgehead atoms. The summed E-state index contributed by atoms with van der Waals surface area (Å²) >= 11 is 0. The second-order valence-electron chi connectivity index (χ2n) is 5.00. The van der Waals surface area contributed by atoms with E-state index in [1.807, 2.05) is 30.3 Å². The summed E-state index contributed by atoms with van der Waals surface area (Å²) in [7, 11) is 0. The summed E-state index contributed by atoms with van der Waals surface area (Å²) in [6, 6.07) is 14.0. The molecule has 0 spiro atoms. The van der Waals surface area contributed by atoms with E-state index in [1.54, 1.807) is 12.3 Å². The molecule has 0 fully saturated rings. The Morgan fingerprint density at radius 1 is 1.08 bits per heavy atom. The zero-order valence-electron chi connectivity index (χ0n) is 12.7. The number of rotatable bonds is 6. The zero-order chi connectivity index (χ0) is 16.8. The molecule has 0 aliphatic heterocycles. The van der Waals surface area contributed by atoms with Crippen molar-refractivity contribution in [3.8, 4) is 5.75 Å². The van der Waals surface area contributed by atoms with Crippen LogP contribution in [0.4, 0.5) is 21.7 Å². The van der Waals surface area contributed by atoms with Gasteiger partial charge >= 0.3 is 0 Å². The number of nitrogens with zero attached hydrogens (tertiary/aromatic N) is 2. The first-order valence-corrected chi connectivity index (χ1v) is 7.28. The van der Waals surface area contributed by atoms with Gasteiger partial charge in [-0.1, -0.05) is 12.1 Å². The van der Waals surface area contributed by atoms with Crippen LogP contribution in [-0.2, 0) is 6.54 Å². The van der Waals surface area contributed by atoms with Crippen LogP contribution in [0, 0.1) is 5.82 Å². The summed E-state index contributed by atoms with van der Waals surface area (Å²) in [5.74, 6) is 1.08. The Hall–Kier alpha value is -3.35. The molecule has 2 aromatic heterocycles. The number of aromatic nitrogens is 2. The molecule has 122 valence electrons. The number of pyridine rings is 2. The molecule has 3 rings (SSSR count). The largest absolute Gasteiger partial charge is 0.382 e. The number of nitrogens with one attached hydrogen (secondary N) is 2. The fourth-order valence-electron chi connectivity index (χ4n) is 2.03. The van der Waals surface area contributed by atoms with Gasteiger partial charge in [-0.05, 0) is 42.0 Å². The van der Waals surface area contributed by atoms with Gasteiger partial charge in [0.15, 0.2) is 11.6 Å². The lowest BCUT2D eigenvalue weighted by Gasteiger charge is -2.10. The minimum Gasteiger partial charge on any atom is -0.382 e. The van der Waals surface area contributed by atoms with Crippen LogP contribution in [0.2, 0.25) is 0 Å². The van der Waals surface area contributed by atoms with Crippen LogP contribution in [0.3, 0.4) is 0 Å². The molecule has 6 nitrogen and oxygen atoms in total. The smallest absolute Gasteiger partial charge is 0.160 e. The molecule has 0 aliphatic carbocycles. The van der Waals surface area contributed by atoms with Crippen LogP contribution in [0.5, 0.6) is 5.75 Å². The molecule has 4 N–H and O–H groups in total. The Labute approximate surface area is 138 Å². The zero-order valence-corrected chi connectivity index (χ0v) is 12.7. The third-order valence-electron chi connectivity index (χ3n) is 3.22. The predicted octanol–water partition coefficient (Wildman–Crippen LogP) is 3.22. The van der Waals surface area contributed by atoms with Crippen molar-refractivity contribution in [2.24, 2.45) is 0 Å². The summed E-state index contributed by atoms with van der Waals surface area (Å²) in [6.45, 7) is 0.571. The van der Waals surface area contributed by atoms with Gasteiger partial charge in [0.2, 0.25) is 0 Å². The van der Waals surface area contributed by atoms with Crippen molar-refractivity contribution in [3.63, 3.8) is 0 Å². The van der Waals surface area contributed by atoms with Crippen molar-refractivity contribution < 1.29 is 9.23 Å². The first-order chi connectivity index (χ1) is 11.7. The molecule has 24 heavy (non-hydrogen) atoms. The monoisotopic (exact) mass is 325 g/mol. The molecular formula is C17H16FN5O. The van der Waals surface area contributed by atoms with Gasteiger partial charge in [-0.25, -0.2) is 19.8 Å². The van der Waals surface area contributed by atoms with E-state index in [1.165, 1.54) is 12.1 Å². The molecule has 0 saturated carbocycles. The minimum atomic E-state index is -0.400. The first-order valence-electron chi connectivity index (χ1n) is 7.28. The maximum absolute atomic E-state index is 12.8. The summed E-state index contributed by atoms with van der Waals surface area (Å²) in [6.07, 6.45) is 2.76. The molecule has 2 heterocycles. The number of hydrogen-bond acceptors (Lipinski definition) is 6. The Kier molecular flexibility index (Phi) is 4.71. The number of benzene rings is 1. The third kappa shape index (κ3) is 4.10. The lowest BCUT2D eigenvalue weighted by Crippen LogP contribution is -2.07. The van der Waals surface area contributed by atoms with Gasteiger partial charge in [-0.3, -0.25) is 0 Å². The minimum absolute atomic E-state index is 0.400. The Morgan fingerprint density at radius 3 is 2.79 bits per heavy atom. The molecule has 7 heteroatoms. The third-order valence-corrected chi connectivity index (χ3v) is 3.22. The fourth-order valence-corrected chi connectivity index (χ4v) is 2.03. The number of nitrogens with two attached hydrogens (primary N) is 1. The second-order valence-corrected chi connectivity index (χ2v) is 5.00. The van der Waals surface area contributed by atoms with E-state index >= 15 is 0 Å². The van der Waals surface area contributed by atoms with Crippen LogP contribution in [0.25, 0.3) is 0 Å². The summed E-state index contributed by atoms with van der Waals surface area (Å²) in [5, 5.41) is 3.22. The van der Waals surface area contributed by atoms with E-state index in [0.717, 1.165) is 17.4 Å². The summed E-state index contributed by atoms with van der Waals surface area (Å²) in [4.78, 5) is 13.3. The second kappa shape index (κ2) is 7.28. The molecule has 0 amide bonds.